The summed E-state index contributed by atoms with van der Waals surface area (Å²) in [6, 6.07) is 4.39. The molecule has 0 saturated carbocycles. The first kappa shape index (κ1) is 15.9. The first-order valence-electron chi connectivity index (χ1n) is 8.33. The zero-order valence-corrected chi connectivity index (χ0v) is 14.2. The van der Waals surface area contributed by atoms with E-state index in [0.717, 1.165) is 51.1 Å². The highest BCUT2D eigenvalue weighted by atomic mass is 32.2. The van der Waals surface area contributed by atoms with Gasteiger partial charge in [-0.2, -0.15) is 11.8 Å². The smallest absolute Gasteiger partial charge is 0.226 e. The minimum absolute atomic E-state index is 0.156. The van der Waals surface area contributed by atoms with E-state index in [1.54, 1.807) is 6.26 Å². The number of likely N-dealkylation sites (tertiary alicyclic amines) is 1. The van der Waals surface area contributed by atoms with Gasteiger partial charge < -0.3 is 9.32 Å². The summed E-state index contributed by atoms with van der Waals surface area (Å²) in [6.45, 7) is 2.75. The van der Waals surface area contributed by atoms with Crippen LogP contribution >= 0.6 is 11.8 Å². The van der Waals surface area contributed by atoms with Crippen LogP contribution in [-0.2, 0) is 11.3 Å². The Labute approximate surface area is 137 Å². The third kappa shape index (κ3) is 3.87. The molecule has 0 aliphatic carbocycles. The zero-order chi connectivity index (χ0) is 15.4. The van der Waals surface area contributed by atoms with Crippen molar-refractivity contribution in [3.05, 3.63) is 24.2 Å². The molecule has 2 saturated heterocycles. The van der Waals surface area contributed by atoms with E-state index in [0.29, 0.717) is 11.9 Å². The van der Waals surface area contributed by atoms with Crippen molar-refractivity contribution in [1.82, 2.24) is 9.80 Å². The van der Waals surface area contributed by atoms with Crippen LogP contribution in [0.25, 0.3) is 0 Å². The molecule has 0 N–H and O–H groups in total. The van der Waals surface area contributed by atoms with Crippen molar-refractivity contribution in [3.8, 4) is 0 Å². The largest absolute Gasteiger partial charge is 0.468 e. The van der Waals surface area contributed by atoms with Crippen molar-refractivity contribution in [2.24, 2.45) is 5.92 Å². The lowest BCUT2D eigenvalue weighted by Gasteiger charge is -2.37. The Kier molecular flexibility index (Phi) is 5.47. The molecule has 5 heteroatoms. The van der Waals surface area contributed by atoms with Crippen molar-refractivity contribution in [2.75, 3.05) is 31.6 Å². The summed E-state index contributed by atoms with van der Waals surface area (Å²) in [4.78, 5) is 17.2. The maximum Gasteiger partial charge on any atom is 0.226 e. The van der Waals surface area contributed by atoms with Gasteiger partial charge in [0.1, 0.15) is 5.76 Å². The topological polar surface area (TPSA) is 36.7 Å². The second kappa shape index (κ2) is 7.55. The van der Waals surface area contributed by atoms with Gasteiger partial charge in [-0.25, -0.2) is 0 Å². The van der Waals surface area contributed by atoms with E-state index in [2.05, 4.69) is 4.90 Å². The first-order valence-corrected chi connectivity index (χ1v) is 9.48. The molecule has 1 aromatic rings. The van der Waals surface area contributed by atoms with E-state index in [9.17, 15) is 4.79 Å². The fraction of sp³-hybridized carbons (Fsp3) is 0.706. The van der Waals surface area contributed by atoms with E-state index in [-0.39, 0.29) is 5.92 Å². The second-order valence-corrected chi connectivity index (χ2v) is 7.67. The summed E-state index contributed by atoms with van der Waals surface area (Å²) < 4.78 is 5.44. The quantitative estimate of drug-likeness (QED) is 0.854. The maximum absolute atomic E-state index is 12.8. The van der Waals surface area contributed by atoms with Crippen molar-refractivity contribution in [1.29, 1.82) is 0 Å². The molecule has 122 valence electrons. The van der Waals surface area contributed by atoms with Crippen LogP contribution in [0.15, 0.2) is 22.8 Å². The number of furan rings is 1. The van der Waals surface area contributed by atoms with Gasteiger partial charge in [-0.15, -0.1) is 0 Å². The Morgan fingerprint density at radius 2 is 2.23 bits per heavy atom. The molecular formula is C17H26N2O2S. The summed E-state index contributed by atoms with van der Waals surface area (Å²) in [5.74, 6) is 3.88. The van der Waals surface area contributed by atoms with Gasteiger partial charge in [-0.05, 0) is 55.9 Å². The molecule has 2 fully saturated rings. The predicted octanol–water partition coefficient (Wildman–Crippen LogP) is 2.85. The number of piperidine rings is 1. The normalized spacial score (nSPS) is 24.3. The Bertz CT molecular complexity index is 471. The third-order valence-corrected chi connectivity index (χ3v) is 5.95. The predicted molar refractivity (Wildman–Crippen MR) is 89.8 cm³/mol. The monoisotopic (exact) mass is 322 g/mol. The van der Waals surface area contributed by atoms with E-state index >= 15 is 0 Å². The maximum atomic E-state index is 12.8. The standard InChI is InChI=1S/C17H26N2O2S/c1-18(15-6-10-22-11-7-15)17(20)14-4-2-8-19(12-14)13-16-5-3-9-21-16/h3,5,9,14-15H,2,4,6-8,10-13H2,1H3/t14-/m1/s1. The molecule has 0 radical (unpaired) electrons. The van der Waals surface area contributed by atoms with Gasteiger partial charge in [-0.3, -0.25) is 9.69 Å². The van der Waals surface area contributed by atoms with Crippen LogP contribution in [0, 0.1) is 5.92 Å². The second-order valence-electron chi connectivity index (χ2n) is 6.45. The summed E-state index contributed by atoms with van der Waals surface area (Å²) in [5, 5.41) is 0. The fourth-order valence-corrected chi connectivity index (χ4v) is 4.65. The van der Waals surface area contributed by atoms with Crippen LogP contribution < -0.4 is 0 Å². The number of carbonyl (C=O) groups is 1. The Hall–Kier alpha value is -0.940. The molecule has 2 aliphatic heterocycles. The lowest BCUT2D eigenvalue weighted by molar-refractivity contribution is -0.138. The molecule has 22 heavy (non-hydrogen) atoms. The van der Waals surface area contributed by atoms with Crippen molar-refractivity contribution in [3.63, 3.8) is 0 Å². The van der Waals surface area contributed by atoms with E-state index < -0.39 is 0 Å². The van der Waals surface area contributed by atoms with Gasteiger partial charge in [0.25, 0.3) is 0 Å². The number of thioether (sulfide) groups is 1. The average Bonchev–Trinajstić information content (AvgIpc) is 3.07. The summed E-state index contributed by atoms with van der Waals surface area (Å²) >= 11 is 2.01. The van der Waals surface area contributed by atoms with Crippen LogP contribution in [0.4, 0.5) is 0 Å². The van der Waals surface area contributed by atoms with Gasteiger partial charge in [-0.1, -0.05) is 0 Å². The van der Waals surface area contributed by atoms with Gasteiger partial charge in [0.15, 0.2) is 0 Å². The molecule has 1 amide bonds. The van der Waals surface area contributed by atoms with Crippen molar-refractivity contribution < 1.29 is 9.21 Å². The van der Waals surface area contributed by atoms with Crippen LogP contribution in [0.2, 0.25) is 0 Å². The van der Waals surface area contributed by atoms with Crippen LogP contribution in [-0.4, -0.2) is 53.4 Å². The highest BCUT2D eigenvalue weighted by Crippen LogP contribution is 2.25. The van der Waals surface area contributed by atoms with Crippen molar-refractivity contribution >= 4 is 17.7 Å². The Morgan fingerprint density at radius 3 is 2.95 bits per heavy atom. The number of hydrogen-bond donors (Lipinski definition) is 0. The van der Waals surface area contributed by atoms with Crippen LogP contribution in [0.5, 0.6) is 0 Å². The minimum Gasteiger partial charge on any atom is -0.468 e. The fourth-order valence-electron chi connectivity index (χ4n) is 3.56. The highest BCUT2D eigenvalue weighted by molar-refractivity contribution is 7.99. The van der Waals surface area contributed by atoms with Gasteiger partial charge >= 0.3 is 0 Å². The van der Waals surface area contributed by atoms with E-state index in [1.165, 1.54) is 11.5 Å². The van der Waals surface area contributed by atoms with E-state index in [4.69, 9.17) is 4.42 Å². The molecule has 1 atom stereocenters. The number of nitrogens with zero attached hydrogens (tertiary/aromatic N) is 2. The summed E-state index contributed by atoms with van der Waals surface area (Å²) in [6.07, 6.45) is 6.15. The molecule has 2 aliphatic rings. The number of amides is 1. The van der Waals surface area contributed by atoms with Gasteiger partial charge in [0.05, 0.1) is 18.7 Å². The average molecular weight is 322 g/mol. The molecule has 0 aromatic carbocycles. The molecule has 1 aromatic heterocycles. The van der Waals surface area contributed by atoms with Gasteiger partial charge in [0, 0.05) is 19.6 Å². The Morgan fingerprint density at radius 1 is 1.41 bits per heavy atom. The molecule has 0 unspecified atom stereocenters. The lowest BCUT2D eigenvalue weighted by atomic mass is 9.95. The summed E-state index contributed by atoms with van der Waals surface area (Å²) in [7, 11) is 2.01. The molecule has 0 spiro atoms. The summed E-state index contributed by atoms with van der Waals surface area (Å²) in [5.41, 5.74) is 0. The lowest BCUT2D eigenvalue weighted by Crippen LogP contribution is -2.47. The molecule has 3 heterocycles. The number of carbonyl (C=O) groups excluding carboxylic acids is 1. The number of hydrogen-bond acceptors (Lipinski definition) is 4. The highest BCUT2D eigenvalue weighted by Gasteiger charge is 2.31. The molecular weight excluding hydrogens is 296 g/mol. The Balaban J connectivity index is 1.55. The first-order chi connectivity index (χ1) is 10.7. The molecule has 4 nitrogen and oxygen atoms in total. The molecule has 0 bridgehead atoms. The van der Waals surface area contributed by atoms with Crippen LogP contribution in [0.3, 0.4) is 0 Å². The zero-order valence-electron chi connectivity index (χ0n) is 13.4. The van der Waals surface area contributed by atoms with E-state index in [1.807, 2.05) is 35.8 Å². The van der Waals surface area contributed by atoms with Crippen molar-refractivity contribution in [2.45, 2.75) is 38.3 Å². The minimum atomic E-state index is 0.156. The number of rotatable bonds is 4. The SMILES string of the molecule is CN(C(=O)[C@@H]1CCCN(Cc2ccco2)C1)C1CCSCC1. The van der Waals surface area contributed by atoms with Gasteiger partial charge in [0.2, 0.25) is 5.91 Å². The third-order valence-electron chi connectivity index (χ3n) is 4.90. The van der Waals surface area contributed by atoms with Crippen LogP contribution in [0.1, 0.15) is 31.4 Å². The molecule has 3 rings (SSSR count).